The summed E-state index contributed by atoms with van der Waals surface area (Å²) in [7, 11) is 0. The van der Waals surface area contributed by atoms with E-state index in [0.29, 0.717) is 5.56 Å². The number of carboxylic acid groups (broad SMARTS) is 1. The van der Waals surface area contributed by atoms with Crippen LogP contribution in [0.3, 0.4) is 0 Å². The molecule has 4 aromatic carbocycles. The molecule has 5 nitrogen and oxygen atoms in total. The fraction of sp³-hybridized carbons (Fsp3) is 0.103. The summed E-state index contributed by atoms with van der Waals surface area (Å²) >= 11 is 0. The van der Waals surface area contributed by atoms with E-state index in [9.17, 15) is 15.2 Å². The van der Waals surface area contributed by atoms with Crippen LogP contribution in [0.1, 0.15) is 39.5 Å². The van der Waals surface area contributed by atoms with Crippen molar-refractivity contribution in [2.24, 2.45) is 10.2 Å². The quantitative estimate of drug-likeness (QED) is 0.258. The Hall–Kier alpha value is -4.56. The lowest BCUT2D eigenvalue weighted by molar-refractivity contribution is 0.0697. The van der Waals surface area contributed by atoms with Gasteiger partial charge in [-0.15, -0.1) is 0 Å². The molecule has 4 rings (SSSR count). The Bertz CT molecular complexity index is 1230. The maximum absolute atomic E-state index is 11.3. The van der Waals surface area contributed by atoms with Gasteiger partial charge in [0.1, 0.15) is 0 Å². The van der Waals surface area contributed by atoms with Crippen LogP contribution in [0.15, 0.2) is 125 Å². The van der Waals surface area contributed by atoms with Crippen molar-refractivity contribution in [3.63, 3.8) is 0 Å². The highest BCUT2D eigenvalue weighted by atomic mass is 16.4. The molecular weight excluding hydrogens is 422 g/mol. The molecule has 0 spiro atoms. The molecule has 0 aliphatic carbocycles. The van der Waals surface area contributed by atoms with Crippen LogP contribution in [-0.4, -0.2) is 11.1 Å². The standard InChI is InChI=1S/C29H23N3O2/c1-28(21-30,23-19-17-22(18-20-23)27(33)34)31-32-29(24-11-5-2-6-12-24,25-13-7-3-8-14-25)26-15-9-4-10-16-26/h2-20H,1H3,(H,33,34). The maximum Gasteiger partial charge on any atom is 0.335 e. The lowest BCUT2D eigenvalue weighted by Crippen LogP contribution is -2.28. The minimum atomic E-state index is -1.32. The van der Waals surface area contributed by atoms with Gasteiger partial charge in [0, 0.05) is 0 Å². The number of aromatic carboxylic acids is 1. The second-order valence-corrected chi connectivity index (χ2v) is 8.08. The zero-order chi connectivity index (χ0) is 24.0. The largest absolute Gasteiger partial charge is 0.478 e. The second kappa shape index (κ2) is 9.51. The van der Waals surface area contributed by atoms with Crippen LogP contribution in [0.2, 0.25) is 0 Å². The minimum Gasteiger partial charge on any atom is -0.478 e. The van der Waals surface area contributed by atoms with Crippen molar-refractivity contribution in [3.05, 3.63) is 143 Å². The molecule has 0 saturated heterocycles. The number of rotatable bonds is 7. The van der Waals surface area contributed by atoms with Gasteiger partial charge in [-0.05, 0) is 41.3 Å². The number of carbonyl (C=O) groups is 1. The molecule has 0 aliphatic rings. The van der Waals surface area contributed by atoms with E-state index in [1.165, 1.54) is 12.1 Å². The first-order valence-electron chi connectivity index (χ1n) is 10.9. The summed E-state index contributed by atoms with van der Waals surface area (Å²) in [6.45, 7) is 1.68. The van der Waals surface area contributed by atoms with Gasteiger partial charge in [-0.1, -0.05) is 103 Å². The number of carboxylic acids is 1. The maximum atomic E-state index is 11.3. The summed E-state index contributed by atoms with van der Waals surface area (Å²) in [6, 6.07) is 38.1. The third-order valence-corrected chi connectivity index (χ3v) is 5.89. The third kappa shape index (κ3) is 4.22. The van der Waals surface area contributed by atoms with Crippen molar-refractivity contribution >= 4 is 5.97 Å². The monoisotopic (exact) mass is 445 g/mol. The average Bonchev–Trinajstić information content (AvgIpc) is 2.91. The second-order valence-electron chi connectivity index (χ2n) is 8.08. The lowest BCUT2D eigenvalue weighted by Gasteiger charge is -2.31. The van der Waals surface area contributed by atoms with Crippen LogP contribution in [0.5, 0.6) is 0 Å². The van der Waals surface area contributed by atoms with Gasteiger partial charge in [-0.25, -0.2) is 4.79 Å². The van der Waals surface area contributed by atoms with Crippen LogP contribution in [0, 0.1) is 11.3 Å². The van der Waals surface area contributed by atoms with E-state index in [1.54, 1.807) is 19.1 Å². The van der Waals surface area contributed by atoms with Crippen molar-refractivity contribution in [1.82, 2.24) is 0 Å². The average molecular weight is 446 g/mol. The normalized spacial score (nSPS) is 13.2. The Labute approximate surface area is 198 Å². The molecular formula is C29H23N3O2. The van der Waals surface area contributed by atoms with E-state index < -0.39 is 17.0 Å². The molecule has 5 heteroatoms. The summed E-state index contributed by atoms with van der Waals surface area (Å²) in [5.41, 5.74) is 1.15. The number of azo groups is 1. The van der Waals surface area contributed by atoms with E-state index in [2.05, 4.69) is 11.2 Å². The van der Waals surface area contributed by atoms with E-state index in [-0.39, 0.29) is 5.56 Å². The first kappa shape index (κ1) is 22.6. The molecule has 166 valence electrons. The van der Waals surface area contributed by atoms with Crippen molar-refractivity contribution in [1.29, 1.82) is 5.26 Å². The smallest absolute Gasteiger partial charge is 0.335 e. The van der Waals surface area contributed by atoms with Gasteiger partial charge >= 0.3 is 5.97 Å². The summed E-state index contributed by atoms with van der Waals surface area (Å²) in [4.78, 5) is 11.3. The highest BCUT2D eigenvalue weighted by Crippen LogP contribution is 2.42. The Balaban J connectivity index is 1.94. The van der Waals surface area contributed by atoms with E-state index in [4.69, 9.17) is 5.11 Å². The molecule has 0 aliphatic heterocycles. The van der Waals surface area contributed by atoms with Crippen molar-refractivity contribution in [2.45, 2.75) is 18.0 Å². The van der Waals surface area contributed by atoms with Gasteiger partial charge in [0.25, 0.3) is 0 Å². The zero-order valence-corrected chi connectivity index (χ0v) is 18.7. The number of hydrogen-bond acceptors (Lipinski definition) is 4. The zero-order valence-electron chi connectivity index (χ0n) is 18.7. The van der Waals surface area contributed by atoms with Crippen LogP contribution >= 0.6 is 0 Å². The van der Waals surface area contributed by atoms with Crippen molar-refractivity contribution in [2.75, 3.05) is 0 Å². The third-order valence-electron chi connectivity index (χ3n) is 5.89. The molecule has 1 N–H and O–H groups in total. The van der Waals surface area contributed by atoms with Crippen molar-refractivity contribution in [3.8, 4) is 6.07 Å². The number of benzene rings is 4. The Kier molecular flexibility index (Phi) is 6.33. The molecule has 0 amide bonds. The predicted molar refractivity (Wildman–Crippen MR) is 130 cm³/mol. The highest BCUT2D eigenvalue weighted by Gasteiger charge is 2.38. The fourth-order valence-electron chi connectivity index (χ4n) is 3.97. The molecule has 1 atom stereocenters. The SMILES string of the molecule is CC(C#N)(N=NC(c1ccccc1)(c1ccccc1)c1ccccc1)c1ccc(C(=O)O)cc1. The summed E-state index contributed by atoms with van der Waals surface area (Å²) in [5.74, 6) is -1.02. The van der Waals surface area contributed by atoms with Crippen LogP contribution < -0.4 is 0 Å². The topological polar surface area (TPSA) is 85.8 Å². The molecule has 0 aromatic heterocycles. The number of nitrogens with zero attached hydrogens (tertiary/aromatic N) is 3. The lowest BCUT2D eigenvalue weighted by atomic mass is 9.78. The van der Waals surface area contributed by atoms with Gasteiger partial charge in [0.05, 0.1) is 11.6 Å². The summed E-state index contributed by atoms with van der Waals surface area (Å²) in [6.07, 6.45) is 0. The minimum absolute atomic E-state index is 0.146. The van der Waals surface area contributed by atoms with Crippen LogP contribution in [0.25, 0.3) is 0 Å². The molecule has 0 bridgehead atoms. The van der Waals surface area contributed by atoms with E-state index in [0.717, 1.165) is 16.7 Å². The molecule has 0 saturated carbocycles. The molecule has 0 heterocycles. The van der Waals surface area contributed by atoms with Gasteiger partial charge in [-0.3, -0.25) is 0 Å². The van der Waals surface area contributed by atoms with Crippen LogP contribution in [-0.2, 0) is 11.1 Å². The first-order valence-corrected chi connectivity index (χ1v) is 10.9. The van der Waals surface area contributed by atoms with Gasteiger partial charge in [0.2, 0.25) is 0 Å². The summed E-state index contributed by atoms with van der Waals surface area (Å²) in [5, 5.41) is 28.9. The number of hydrogen-bond donors (Lipinski definition) is 1. The molecule has 0 radical (unpaired) electrons. The first-order chi connectivity index (χ1) is 16.5. The van der Waals surface area contributed by atoms with Gasteiger partial charge < -0.3 is 5.11 Å². The Morgan fingerprint density at radius 1 is 0.676 bits per heavy atom. The van der Waals surface area contributed by atoms with Crippen LogP contribution in [0.4, 0.5) is 0 Å². The predicted octanol–water partition coefficient (Wildman–Crippen LogP) is 6.57. The molecule has 4 aromatic rings. The van der Waals surface area contributed by atoms with E-state index in [1.807, 2.05) is 91.0 Å². The summed E-state index contributed by atoms with van der Waals surface area (Å²) < 4.78 is 0. The molecule has 1 unspecified atom stereocenters. The highest BCUT2D eigenvalue weighted by molar-refractivity contribution is 5.87. The Morgan fingerprint density at radius 3 is 1.44 bits per heavy atom. The van der Waals surface area contributed by atoms with E-state index >= 15 is 0 Å². The molecule has 0 fully saturated rings. The van der Waals surface area contributed by atoms with Gasteiger partial charge in [-0.2, -0.15) is 15.5 Å². The Morgan fingerprint density at radius 2 is 1.09 bits per heavy atom. The number of nitriles is 1. The van der Waals surface area contributed by atoms with Gasteiger partial charge in [0.15, 0.2) is 11.1 Å². The van der Waals surface area contributed by atoms with Crippen molar-refractivity contribution < 1.29 is 9.90 Å². The fourth-order valence-corrected chi connectivity index (χ4v) is 3.97. The molecule has 34 heavy (non-hydrogen) atoms.